The maximum absolute atomic E-state index is 11.1. The first-order valence-electron chi connectivity index (χ1n) is 4.83. The molecule has 14 heavy (non-hydrogen) atoms. The standard InChI is InChI=1S/C9H15ClN2O2/c1-2-3-6-4-7(6)11-9(14)12-8(13)5-10/h6-7H,2-5H2,1H3,(H2,11,12,13,14). The minimum Gasteiger partial charge on any atom is -0.335 e. The topological polar surface area (TPSA) is 58.2 Å². The van der Waals surface area contributed by atoms with Gasteiger partial charge in [0.1, 0.15) is 5.88 Å². The summed E-state index contributed by atoms with van der Waals surface area (Å²) in [6.07, 6.45) is 3.29. The first-order chi connectivity index (χ1) is 6.67. The molecular weight excluding hydrogens is 204 g/mol. The zero-order valence-electron chi connectivity index (χ0n) is 8.18. The summed E-state index contributed by atoms with van der Waals surface area (Å²) in [7, 11) is 0. The predicted molar refractivity (Wildman–Crippen MR) is 54.2 cm³/mol. The van der Waals surface area contributed by atoms with E-state index in [1.165, 1.54) is 0 Å². The molecule has 0 aliphatic heterocycles. The summed E-state index contributed by atoms with van der Waals surface area (Å²) >= 11 is 5.23. The molecule has 2 unspecified atom stereocenters. The number of hydrogen-bond donors (Lipinski definition) is 2. The van der Waals surface area contributed by atoms with E-state index in [2.05, 4.69) is 17.6 Å². The van der Waals surface area contributed by atoms with Crippen LogP contribution in [-0.4, -0.2) is 23.9 Å². The highest BCUT2D eigenvalue weighted by Gasteiger charge is 2.37. The molecular formula is C9H15ClN2O2. The third-order valence-electron chi connectivity index (χ3n) is 2.27. The molecule has 1 fully saturated rings. The Kier molecular flexibility index (Phi) is 4.20. The van der Waals surface area contributed by atoms with Crippen molar-refractivity contribution < 1.29 is 9.59 Å². The van der Waals surface area contributed by atoms with Crippen molar-refractivity contribution in [3.05, 3.63) is 0 Å². The van der Waals surface area contributed by atoms with E-state index in [4.69, 9.17) is 11.6 Å². The Balaban J connectivity index is 2.13. The third kappa shape index (κ3) is 3.54. The molecule has 1 rings (SSSR count). The molecule has 1 aliphatic rings. The molecule has 3 amide bonds. The van der Waals surface area contributed by atoms with Gasteiger partial charge in [-0.2, -0.15) is 0 Å². The number of urea groups is 1. The molecule has 0 radical (unpaired) electrons. The van der Waals surface area contributed by atoms with Crippen LogP contribution in [0.3, 0.4) is 0 Å². The van der Waals surface area contributed by atoms with Crippen LogP contribution >= 0.6 is 11.6 Å². The molecule has 0 bridgehead atoms. The molecule has 80 valence electrons. The van der Waals surface area contributed by atoms with Gasteiger partial charge in [-0.3, -0.25) is 10.1 Å². The Bertz CT molecular complexity index is 233. The van der Waals surface area contributed by atoms with Gasteiger partial charge in [-0.25, -0.2) is 4.79 Å². The van der Waals surface area contributed by atoms with Gasteiger partial charge >= 0.3 is 6.03 Å². The van der Waals surface area contributed by atoms with Crippen LogP contribution in [0, 0.1) is 5.92 Å². The Hall–Kier alpha value is -0.770. The monoisotopic (exact) mass is 218 g/mol. The summed E-state index contributed by atoms with van der Waals surface area (Å²) < 4.78 is 0. The molecule has 2 atom stereocenters. The number of halogens is 1. The summed E-state index contributed by atoms with van der Waals surface area (Å²) in [6.45, 7) is 2.12. The number of amides is 3. The molecule has 0 saturated heterocycles. The van der Waals surface area contributed by atoms with Gasteiger partial charge in [0.25, 0.3) is 0 Å². The van der Waals surface area contributed by atoms with Gasteiger partial charge in [0, 0.05) is 6.04 Å². The summed E-state index contributed by atoms with van der Waals surface area (Å²) in [5.41, 5.74) is 0. The normalized spacial score (nSPS) is 24.1. The van der Waals surface area contributed by atoms with Gasteiger partial charge in [0.15, 0.2) is 0 Å². The number of imide groups is 1. The average Bonchev–Trinajstić information content (AvgIpc) is 2.83. The number of carbonyl (C=O) groups excluding carboxylic acids is 2. The van der Waals surface area contributed by atoms with Gasteiger partial charge in [-0.1, -0.05) is 13.3 Å². The fourth-order valence-corrected chi connectivity index (χ4v) is 1.55. The third-order valence-corrected chi connectivity index (χ3v) is 2.52. The number of nitrogens with one attached hydrogen (secondary N) is 2. The first-order valence-corrected chi connectivity index (χ1v) is 5.37. The van der Waals surface area contributed by atoms with Crippen molar-refractivity contribution in [1.82, 2.24) is 10.6 Å². The minimum absolute atomic E-state index is 0.184. The van der Waals surface area contributed by atoms with Crippen molar-refractivity contribution in [3.8, 4) is 0 Å². The van der Waals surface area contributed by atoms with Crippen LogP contribution < -0.4 is 10.6 Å². The quantitative estimate of drug-likeness (QED) is 0.698. The fourth-order valence-electron chi connectivity index (χ4n) is 1.48. The van der Waals surface area contributed by atoms with Crippen LogP contribution in [0.5, 0.6) is 0 Å². The van der Waals surface area contributed by atoms with E-state index in [0.29, 0.717) is 5.92 Å². The second-order valence-corrected chi connectivity index (χ2v) is 3.81. The van der Waals surface area contributed by atoms with E-state index in [1.54, 1.807) is 0 Å². The highest BCUT2D eigenvalue weighted by Crippen LogP contribution is 2.34. The first kappa shape index (κ1) is 11.3. The van der Waals surface area contributed by atoms with E-state index in [-0.39, 0.29) is 11.9 Å². The zero-order valence-corrected chi connectivity index (χ0v) is 8.93. The van der Waals surface area contributed by atoms with E-state index in [0.717, 1.165) is 19.3 Å². The molecule has 0 aromatic rings. The van der Waals surface area contributed by atoms with Gasteiger partial charge in [-0.05, 0) is 18.8 Å². The lowest BCUT2D eigenvalue weighted by Crippen LogP contribution is -2.41. The number of rotatable bonds is 4. The molecule has 1 aliphatic carbocycles. The van der Waals surface area contributed by atoms with Crippen LogP contribution in [0.1, 0.15) is 26.2 Å². The predicted octanol–water partition coefficient (Wildman–Crippen LogP) is 1.24. The molecule has 5 heteroatoms. The molecule has 4 nitrogen and oxygen atoms in total. The van der Waals surface area contributed by atoms with Gasteiger partial charge < -0.3 is 5.32 Å². The minimum atomic E-state index is -0.461. The smallest absolute Gasteiger partial charge is 0.321 e. The average molecular weight is 219 g/mol. The van der Waals surface area contributed by atoms with Crippen molar-refractivity contribution in [2.24, 2.45) is 5.92 Å². The van der Waals surface area contributed by atoms with Crippen LogP contribution in [0.25, 0.3) is 0 Å². The second kappa shape index (κ2) is 5.20. The lowest BCUT2D eigenvalue weighted by Gasteiger charge is -2.04. The second-order valence-electron chi connectivity index (χ2n) is 3.55. The molecule has 0 spiro atoms. The Labute approximate surface area is 88.4 Å². The van der Waals surface area contributed by atoms with E-state index in [1.807, 2.05) is 0 Å². The van der Waals surface area contributed by atoms with Crippen LogP contribution in [0.4, 0.5) is 4.79 Å². The molecule has 1 saturated carbocycles. The van der Waals surface area contributed by atoms with Crippen molar-refractivity contribution in [2.75, 3.05) is 5.88 Å². The van der Waals surface area contributed by atoms with Crippen molar-refractivity contribution in [1.29, 1.82) is 0 Å². The molecule has 0 aromatic carbocycles. The van der Waals surface area contributed by atoms with E-state index in [9.17, 15) is 9.59 Å². The summed E-state index contributed by atoms with van der Waals surface area (Å²) in [6, 6.07) is -0.183. The lowest BCUT2D eigenvalue weighted by molar-refractivity contribution is -0.117. The molecule has 0 aromatic heterocycles. The Morgan fingerprint density at radius 3 is 2.79 bits per heavy atom. The maximum atomic E-state index is 11.1. The maximum Gasteiger partial charge on any atom is 0.321 e. The van der Waals surface area contributed by atoms with Gasteiger partial charge in [0.05, 0.1) is 0 Å². The summed E-state index contributed by atoms with van der Waals surface area (Å²) in [5.74, 6) is -0.0510. The van der Waals surface area contributed by atoms with Crippen LogP contribution in [-0.2, 0) is 4.79 Å². The SMILES string of the molecule is CCCC1CC1NC(=O)NC(=O)CCl. The lowest BCUT2D eigenvalue weighted by atomic mass is 10.2. The summed E-state index contributed by atoms with van der Waals surface area (Å²) in [5, 5.41) is 4.87. The largest absolute Gasteiger partial charge is 0.335 e. The zero-order chi connectivity index (χ0) is 10.6. The highest BCUT2D eigenvalue weighted by atomic mass is 35.5. The van der Waals surface area contributed by atoms with Gasteiger partial charge in [0.2, 0.25) is 5.91 Å². The number of alkyl halides is 1. The Morgan fingerprint density at radius 1 is 1.50 bits per heavy atom. The van der Waals surface area contributed by atoms with Crippen molar-refractivity contribution in [3.63, 3.8) is 0 Å². The molecule has 0 heterocycles. The summed E-state index contributed by atoms with van der Waals surface area (Å²) in [4.78, 5) is 21.8. The number of hydrogen-bond acceptors (Lipinski definition) is 2. The Morgan fingerprint density at radius 2 is 2.21 bits per heavy atom. The highest BCUT2D eigenvalue weighted by molar-refractivity contribution is 6.28. The van der Waals surface area contributed by atoms with Crippen LogP contribution in [0.2, 0.25) is 0 Å². The fraction of sp³-hybridized carbons (Fsp3) is 0.778. The van der Waals surface area contributed by atoms with Gasteiger partial charge in [-0.15, -0.1) is 11.6 Å². The van der Waals surface area contributed by atoms with Crippen molar-refractivity contribution in [2.45, 2.75) is 32.2 Å². The van der Waals surface area contributed by atoms with E-state index < -0.39 is 11.9 Å². The van der Waals surface area contributed by atoms with Crippen LogP contribution in [0.15, 0.2) is 0 Å². The van der Waals surface area contributed by atoms with Crippen molar-refractivity contribution >= 4 is 23.5 Å². The number of carbonyl (C=O) groups is 2. The molecule has 2 N–H and O–H groups in total. The van der Waals surface area contributed by atoms with E-state index >= 15 is 0 Å².